The van der Waals surface area contributed by atoms with Crippen molar-refractivity contribution in [1.29, 1.82) is 0 Å². The first-order chi connectivity index (χ1) is 10.6. The number of rotatable bonds is 15. The van der Waals surface area contributed by atoms with Gasteiger partial charge in [0.1, 0.15) is 24.4 Å². The molecule has 134 valence electrons. The van der Waals surface area contributed by atoms with Crippen LogP contribution in [0.25, 0.3) is 0 Å². The van der Waals surface area contributed by atoms with E-state index in [9.17, 15) is 15.3 Å². The zero-order valence-electron chi connectivity index (χ0n) is 14.0. The van der Waals surface area contributed by atoms with E-state index in [1.54, 1.807) is 0 Å². The minimum absolute atomic E-state index is 0.159. The summed E-state index contributed by atoms with van der Waals surface area (Å²) in [5, 5.41) is 38.2. The molecule has 0 radical (unpaired) electrons. The average Bonchev–Trinajstić information content (AvgIpc) is 2.54. The minimum atomic E-state index is -1.46. The molecule has 0 aromatic carbocycles. The van der Waals surface area contributed by atoms with Gasteiger partial charge in [-0.1, -0.05) is 39.5 Å². The highest BCUT2D eigenvalue weighted by Crippen LogP contribution is 2.11. The molecule has 0 aliphatic heterocycles. The maximum Gasteiger partial charge on any atom is 0.111 e. The molecular formula is C16H34O6. The highest BCUT2D eigenvalue weighted by Gasteiger charge is 2.31. The lowest BCUT2D eigenvalue weighted by atomic mass is 10.0. The lowest BCUT2D eigenvalue weighted by Gasteiger charge is -2.29. The molecule has 0 amide bonds. The van der Waals surface area contributed by atoms with Crippen molar-refractivity contribution in [2.45, 2.75) is 76.8 Å². The molecule has 4 unspecified atom stereocenters. The van der Waals surface area contributed by atoms with Gasteiger partial charge >= 0.3 is 0 Å². The summed E-state index contributed by atoms with van der Waals surface area (Å²) in [4.78, 5) is 0. The monoisotopic (exact) mass is 322 g/mol. The Morgan fingerprint density at radius 3 is 1.95 bits per heavy atom. The van der Waals surface area contributed by atoms with Crippen LogP contribution in [0.1, 0.15) is 52.4 Å². The first-order valence-corrected chi connectivity index (χ1v) is 8.42. The van der Waals surface area contributed by atoms with Crippen molar-refractivity contribution >= 4 is 0 Å². The van der Waals surface area contributed by atoms with Crippen LogP contribution in [-0.4, -0.2) is 71.3 Å². The number of ether oxygens (including phenoxy) is 2. The van der Waals surface area contributed by atoms with Crippen molar-refractivity contribution in [2.24, 2.45) is 0 Å². The Morgan fingerprint density at radius 1 is 0.818 bits per heavy atom. The highest BCUT2D eigenvalue weighted by atomic mass is 16.5. The lowest BCUT2D eigenvalue weighted by Crippen LogP contribution is -2.48. The summed E-state index contributed by atoms with van der Waals surface area (Å²) in [6.07, 6.45) is 1.23. The summed E-state index contributed by atoms with van der Waals surface area (Å²) in [6, 6.07) is 0. The van der Waals surface area contributed by atoms with Gasteiger partial charge in [0.2, 0.25) is 0 Å². The standard InChI is InChI=1S/C16H34O6/c1-3-5-7-9-21-12-14(22-10-8-6-4-2)16(20)15(19)13(18)11-17/h13-20H,3-12H2,1-2H3. The van der Waals surface area contributed by atoms with E-state index < -0.39 is 31.0 Å². The molecule has 0 aromatic heterocycles. The van der Waals surface area contributed by atoms with Crippen molar-refractivity contribution in [3.05, 3.63) is 0 Å². The van der Waals surface area contributed by atoms with E-state index in [4.69, 9.17) is 14.6 Å². The topological polar surface area (TPSA) is 99.4 Å². The maximum atomic E-state index is 10.1. The number of aliphatic hydroxyl groups excluding tert-OH is 4. The van der Waals surface area contributed by atoms with Crippen LogP contribution in [0.5, 0.6) is 0 Å². The summed E-state index contributed by atoms with van der Waals surface area (Å²) in [5.74, 6) is 0. The molecule has 0 bridgehead atoms. The molecule has 6 heteroatoms. The fraction of sp³-hybridized carbons (Fsp3) is 1.00. The number of aliphatic hydroxyl groups is 4. The Bertz CT molecular complexity index is 239. The normalized spacial score (nSPS) is 17.2. The molecule has 4 atom stereocenters. The summed E-state index contributed by atoms with van der Waals surface area (Å²) >= 11 is 0. The van der Waals surface area contributed by atoms with Gasteiger partial charge in [-0.25, -0.2) is 0 Å². The zero-order chi connectivity index (χ0) is 16.8. The van der Waals surface area contributed by atoms with E-state index in [1.807, 2.05) is 0 Å². The van der Waals surface area contributed by atoms with E-state index >= 15 is 0 Å². The molecule has 0 aliphatic carbocycles. The van der Waals surface area contributed by atoms with Gasteiger partial charge in [0.25, 0.3) is 0 Å². The van der Waals surface area contributed by atoms with E-state index in [-0.39, 0.29) is 6.61 Å². The number of unbranched alkanes of at least 4 members (excludes halogenated alkanes) is 4. The summed E-state index contributed by atoms with van der Waals surface area (Å²) in [7, 11) is 0. The van der Waals surface area contributed by atoms with Gasteiger partial charge in [-0.05, 0) is 12.8 Å². The average molecular weight is 322 g/mol. The van der Waals surface area contributed by atoms with Crippen molar-refractivity contribution in [3.8, 4) is 0 Å². The van der Waals surface area contributed by atoms with Crippen molar-refractivity contribution in [3.63, 3.8) is 0 Å². The van der Waals surface area contributed by atoms with Crippen molar-refractivity contribution in [1.82, 2.24) is 0 Å². The third-order valence-electron chi connectivity index (χ3n) is 3.57. The van der Waals surface area contributed by atoms with Gasteiger partial charge in [-0.3, -0.25) is 0 Å². The van der Waals surface area contributed by atoms with Crippen LogP contribution in [0.2, 0.25) is 0 Å². The highest BCUT2D eigenvalue weighted by molar-refractivity contribution is 4.81. The molecule has 4 N–H and O–H groups in total. The Balaban J connectivity index is 4.29. The van der Waals surface area contributed by atoms with E-state index in [0.717, 1.165) is 38.5 Å². The van der Waals surface area contributed by atoms with Gasteiger partial charge in [0.15, 0.2) is 0 Å². The van der Waals surface area contributed by atoms with E-state index in [2.05, 4.69) is 13.8 Å². The molecule has 0 saturated heterocycles. The third-order valence-corrected chi connectivity index (χ3v) is 3.57. The van der Waals surface area contributed by atoms with Gasteiger partial charge in [0, 0.05) is 13.2 Å². The van der Waals surface area contributed by atoms with Crippen LogP contribution in [0.15, 0.2) is 0 Å². The summed E-state index contributed by atoms with van der Waals surface area (Å²) in [6.45, 7) is 4.79. The summed E-state index contributed by atoms with van der Waals surface area (Å²) < 4.78 is 11.1. The fourth-order valence-electron chi connectivity index (χ4n) is 2.04. The first kappa shape index (κ1) is 21.8. The molecule has 0 saturated carbocycles. The second-order valence-electron chi connectivity index (χ2n) is 5.63. The van der Waals surface area contributed by atoms with Crippen molar-refractivity contribution in [2.75, 3.05) is 26.4 Å². The zero-order valence-corrected chi connectivity index (χ0v) is 14.0. The number of hydrogen-bond donors (Lipinski definition) is 4. The van der Waals surface area contributed by atoms with Crippen LogP contribution in [0.3, 0.4) is 0 Å². The minimum Gasteiger partial charge on any atom is -0.394 e. The quantitative estimate of drug-likeness (QED) is 0.334. The number of hydrogen-bond acceptors (Lipinski definition) is 6. The molecule has 0 heterocycles. The van der Waals surface area contributed by atoms with Crippen LogP contribution in [0.4, 0.5) is 0 Å². The van der Waals surface area contributed by atoms with Crippen LogP contribution >= 0.6 is 0 Å². The second-order valence-corrected chi connectivity index (χ2v) is 5.63. The molecule has 0 fully saturated rings. The molecule has 22 heavy (non-hydrogen) atoms. The predicted molar refractivity (Wildman–Crippen MR) is 84.7 cm³/mol. The Kier molecular flexibility index (Phi) is 14.2. The Hall–Kier alpha value is -0.240. The second kappa shape index (κ2) is 14.4. The molecule has 0 spiro atoms. The summed E-state index contributed by atoms with van der Waals surface area (Å²) in [5.41, 5.74) is 0. The third kappa shape index (κ3) is 9.71. The lowest BCUT2D eigenvalue weighted by molar-refractivity contribution is -0.147. The molecular weight excluding hydrogens is 288 g/mol. The fourth-order valence-corrected chi connectivity index (χ4v) is 2.04. The molecule has 0 aromatic rings. The van der Waals surface area contributed by atoms with Gasteiger partial charge in [0.05, 0.1) is 13.2 Å². The van der Waals surface area contributed by atoms with Crippen LogP contribution < -0.4 is 0 Å². The van der Waals surface area contributed by atoms with Gasteiger partial charge in [-0.15, -0.1) is 0 Å². The predicted octanol–water partition coefficient (Wildman–Crippen LogP) is 0.844. The van der Waals surface area contributed by atoms with Crippen LogP contribution in [-0.2, 0) is 9.47 Å². The van der Waals surface area contributed by atoms with Crippen molar-refractivity contribution < 1.29 is 29.9 Å². The van der Waals surface area contributed by atoms with Crippen LogP contribution in [0, 0.1) is 0 Å². The SMILES string of the molecule is CCCCCOCC(OCCCCC)C(O)C(O)C(O)CO. The Labute approximate surface area is 134 Å². The molecule has 0 rings (SSSR count). The largest absolute Gasteiger partial charge is 0.394 e. The van der Waals surface area contributed by atoms with E-state index in [1.165, 1.54) is 0 Å². The Morgan fingerprint density at radius 2 is 1.41 bits per heavy atom. The molecule has 6 nitrogen and oxygen atoms in total. The molecule has 0 aliphatic rings. The van der Waals surface area contributed by atoms with Gasteiger partial charge in [-0.2, -0.15) is 0 Å². The maximum absolute atomic E-state index is 10.1. The van der Waals surface area contributed by atoms with Gasteiger partial charge < -0.3 is 29.9 Å². The smallest absolute Gasteiger partial charge is 0.111 e. The first-order valence-electron chi connectivity index (χ1n) is 8.42. The van der Waals surface area contributed by atoms with E-state index in [0.29, 0.717) is 13.2 Å².